The maximum atomic E-state index is 5.78. The molecule has 0 radical (unpaired) electrons. The molecule has 0 aromatic heterocycles. The van der Waals surface area contributed by atoms with Gasteiger partial charge in [-0.05, 0) is 24.1 Å². The van der Waals surface area contributed by atoms with Crippen LogP contribution >= 0.6 is 0 Å². The van der Waals surface area contributed by atoms with Gasteiger partial charge in [-0.3, -0.25) is 0 Å². The molecule has 1 aliphatic carbocycles. The summed E-state index contributed by atoms with van der Waals surface area (Å²) in [5, 5.41) is 0. The van der Waals surface area contributed by atoms with Crippen LogP contribution in [0.2, 0.25) is 0 Å². The van der Waals surface area contributed by atoms with Gasteiger partial charge in [0.1, 0.15) is 5.75 Å². The largest absolute Gasteiger partial charge is 1.00 e. The van der Waals surface area contributed by atoms with Crippen molar-refractivity contribution in [1.82, 2.24) is 0 Å². The van der Waals surface area contributed by atoms with Gasteiger partial charge in [0.05, 0.1) is 13.7 Å². The molecule has 0 fully saturated rings. The van der Waals surface area contributed by atoms with Gasteiger partial charge in [0.2, 0.25) is 0 Å². The monoisotopic (exact) mass is 224 g/mol. The molecule has 1 aromatic rings. The molecule has 0 saturated heterocycles. The summed E-state index contributed by atoms with van der Waals surface area (Å²) in [4.78, 5) is 0. The molecule has 0 saturated carbocycles. The maximum Gasteiger partial charge on any atom is 1.00 e. The normalized spacial score (nSPS) is 18.5. The van der Waals surface area contributed by atoms with Crippen LogP contribution in [0.3, 0.4) is 0 Å². The molecule has 17 heavy (non-hydrogen) atoms. The molecule has 0 amide bonds. The van der Waals surface area contributed by atoms with Crippen LogP contribution in [-0.2, 0) is 11.3 Å². The minimum absolute atomic E-state index is 0. The van der Waals surface area contributed by atoms with Gasteiger partial charge in [-0.2, -0.15) is 6.42 Å². The van der Waals surface area contributed by atoms with Crippen molar-refractivity contribution in [3.63, 3.8) is 0 Å². The Morgan fingerprint density at radius 3 is 2.65 bits per heavy atom. The van der Waals surface area contributed by atoms with E-state index in [9.17, 15) is 0 Å². The predicted molar refractivity (Wildman–Crippen MR) is 63.2 cm³/mol. The van der Waals surface area contributed by atoms with Crippen LogP contribution in [0.15, 0.2) is 30.3 Å². The molecule has 1 atom stereocenters. The first-order chi connectivity index (χ1) is 7.88. The standard InChI is InChI=1S/C14H17O2.Li/c1-15-13-9-7-12(8-10-13)11-16-14-5-3-2-4-6-14;/h6-10,14H,2-3,5,11H2,1H3;/q-1;+1/t14-;/m1./s1. The Morgan fingerprint density at radius 2 is 2.06 bits per heavy atom. The van der Waals surface area contributed by atoms with Gasteiger partial charge < -0.3 is 15.5 Å². The topological polar surface area (TPSA) is 18.5 Å². The van der Waals surface area contributed by atoms with Crippen molar-refractivity contribution in [3.8, 4) is 5.75 Å². The Hall–Kier alpha value is -0.683. The molecule has 1 aliphatic rings. The van der Waals surface area contributed by atoms with E-state index in [-0.39, 0.29) is 25.0 Å². The fraction of sp³-hybridized carbons (Fsp3) is 0.429. The van der Waals surface area contributed by atoms with Crippen LogP contribution in [0.4, 0.5) is 0 Å². The van der Waals surface area contributed by atoms with Crippen LogP contribution in [0.25, 0.3) is 0 Å². The van der Waals surface area contributed by atoms with Crippen molar-refractivity contribution in [2.75, 3.05) is 7.11 Å². The summed E-state index contributed by atoms with van der Waals surface area (Å²) < 4.78 is 10.9. The van der Waals surface area contributed by atoms with E-state index in [2.05, 4.69) is 6.08 Å². The minimum atomic E-state index is 0. The molecule has 3 heteroatoms. The van der Waals surface area contributed by atoms with Crippen molar-refractivity contribution in [2.45, 2.75) is 32.0 Å². The van der Waals surface area contributed by atoms with Gasteiger partial charge in [-0.15, -0.1) is 0 Å². The van der Waals surface area contributed by atoms with E-state index in [1.54, 1.807) is 7.11 Å². The van der Waals surface area contributed by atoms with E-state index >= 15 is 0 Å². The number of rotatable bonds is 4. The number of benzene rings is 1. The third kappa shape index (κ3) is 4.59. The first-order valence-corrected chi connectivity index (χ1v) is 5.70. The molecule has 0 aliphatic heterocycles. The number of methoxy groups -OCH3 is 1. The van der Waals surface area contributed by atoms with Crippen LogP contribution in [-0.4, -0.2) is 13.2 Å². The third-order valence-corrected chi connectivity index (χ3v) is 2.74. The quantitative estimate of drug-likeness (QED) is 0.534. The van der Waals surface area contributed by atoms with E-state index in [0.717, 1.165) is 18.6 Å². The van der Waals surface area contributed by atoms with Crippen molar-refractivity contribution in [3.05, 3.63) is 42.0 Å². The van der Waals surface area contributed by atoms with Crippen LogP contribution in [0, 0.1) is 6.08 Å². The zero-order valence-corrected chi connectivity index (χ0v) is 10.6. The number of hydrogen-bond acceptors (Lipinski definition) is 2. The van der Waals surface area contributed by atoms with Gasteiger partial charge in [0.25, 0.3) is 0 Å². The zero-order chi connectivity index (χ0) is 11.2. The summed E-state index contributed by atoms with van der Waals surface area (Å²) in [5.74, 6) is 0.884. The maximum absolute atomic E-state index is 5.78. The number of ether oxygens (including phenoxy) is 2. The zero-order valence-electron chi connectivity index (χ0n) is 10.6. The average Bonchev–Trinajstić information content (AvgIpc) is 2.38. The summed E-state index contributed by atoms with van der Waals surface area (Å²) in [6.45, 7) is 0.660. The second-order valence-electron chi connectivity index (χ2n) is 3.96. The van der Waals surface area contributed by atoms with E-state index in [1.807, 2.05) is 30.3 Å². The fourth-order valence-electron chi connectivity index (χ4n) is 1.76. The van der Waals surface area contributed by atoms with E-state index < -0.39 is 0 Å². The van der Waals surface area contributed by atoms with Gasteiger partial charge in [0, 0.05) is 6.10 Å². The Bertz CT molecular complexity index is 346. The van der Waals surface area contributed by atoms with Crippen LogP contribution in [0.1, 0.15) is 24.8 Å². The molecule has 0 N–H and O–H groups in total. The summed E-state index contributed by atoms with van der Waals surface area (Å²) >= 11 is 0. The Morgan fingerprint density at radius 1 is 1.29 bits per heavy atom. The van der Waals surface area contributed by atoms with Crippen molar-refractivity contribution < 1.29 is 28.3 Å². The SMILES string of the molecule is COc1ccc(CO[C@H]2C=[C-]CCC2)cc1.[Li+]. The molecular weight excluding hydrogens is 207 g/mol. The summed E-state index contributed by atoms with van der Waals surface area (Å²) in [7, 11) is 1.67. The number of allylic oxidation sites excluding steroid dienone is 1. The molecule has 0 heterocycles. The summed E-state index contributed by atoms with van der Waals surface area (Å²) in [6, 6.07) is 7.99. The summed E-state index contributed by atoms with van der Waals surface area (Å²) in [6.07, 6.45) is 8.88. The smallest absolute Gasteiger partial charge is 0.498 e. The van der Waals surface area contributed by atoms with Crippen molar-refractivity contribution in [1.29, 1.82) is 0 Å². The van der Waals surface area contributed by atoms with Crippen molar-refractivity contribution >= 4 is 0 Å². The predicted octanol–water partition coefficient (Wildman–Crippen LogP) is 0.128. The Balaban J connectivity index is 0.00000144. The molecule has 0 bridgehead atoms. The molecule has 0 spiro atoms. The summed E-state index contributed by atoms with van der Waals surface area (Å²) in [5.41, 5.74) is 1.18. The molecule has 0 unspecified atom stereocenters. The van der Waals surface area contributed by atoms with Gasteiger partial charge >= 0.3 is 18.9 Å². The van der Waals surface area contributed by atoms with E-state index in [4.69, 9.17) is 9.47 Å². The Labute approximate surface area is 115 Å². The van der Waals surface area contributed by atoms with Crippen molar-refractivity contribution in [2.24, 2.45) is 0 Å². The molecular formula is C14H17LiO2. The number of hydrogen-bond donors (Lipinski definition) is 0. The van der Waals surface area contributed by atoms with Gasteiger partial charge in [-0.25, -0.2) is 6.08 Å². The first kappa shape index (κ1) is 14.4. The van der Waals surface area contributed by atoms with E-state index in [0.29, 0.717) is 6.61 Å². The third-order valence-electron chi connectivity index (χ3n) is 2.74. The second-order valence-corrected chi connectivity index (χ2v) is 3.96. The molecule has 2 rings (SSSR count). The van der Waals surface area contributed by atoms with Gasteiger partial charge in [0.15, 0.2) is 0 Å². The first-order valence-electron chi connectivity index (χ1n) is 5.70. The fourth-order valence-corrected chi connectivity index (χ4v) is 1.76. The average molecular weight is 224 g/mol. The van der Waals surface area contributed by atoms with Crippen LogP contribution < -0.4 is 23.6 Å². The molecule has 1 aromatic carbocycles. The molecule has 2 nitrogen and oxygen atoms in total. The Kier molecular flexibility index (Phi) is 6.43. The molecule has 86 valence electrons. The van der Waals surface area contributed by atoms with Gasteiger partial charge in [-0.1, -0.05) is 18.6 Å². The second kappa shape index (κ2) is 7.61. The van der Waals surface area contributed by atoms with Crippen LogP contribution in [0.5, 0.6) is 5.75 Å². The minimum Gasteiger partial charge on any atom is -0.498 e. The van der Waals surface area contributed by atoms with E-state index in [1.165, 1.54) is 12.0 Å².